The number of phenolic OH excluding ortho intramolecular Hbond substituents is 1. The second kappa shape index (κ2) is 5.08. The largest absolute Gasteiger partial charge is 0.508 e. The van der Waals surface area contributed by atoms with Gasteiger partial charge in [0, 0.05) is 17.8 Å². The number of hydrogen-bond acceptors (Lipinski definition) is 2. The fourth-order valence-electron chi connectivity index (χ4n) is 1.82. The van der Waals surface area contributed by atoms with Gasteiger partial charge in [0.2, 0.25) is 0 Å². The highest BCUT2D eigenvalue weighted by molar-refractivity contribution is 5.56. The van der Waals surface area contributed by atoms with Gasteiger partial charge in [-0.3, -0.25) is 0 Å². The Bertz CT molecular complexity index is 566. The van der Waals surface area contributed by atoms with Crippen molar-refractivity contribution < 1.29 is 9.50 Å². The van der Waals surface area contributed by atoms with Crippen LogP contribution in [0.3, 0.4) is 0 Å². The van der Waals surface area contributed by atoms with Gasteiger partial charge in [-0.2, -0.15) is 0 Å². The van der Waals surface area contributed by atoms with E-state index in [4.69, 9.17) is 0 Å². The molecule has 0 aliphatic heterocycles. The predicted molar refractivity (Wildman–Crippen MR) is 71.3 cm³/mol. The van der Waals surface area contributed by atoms with Crippen LogP contribution in [-0.2, 0) is 6.54 Å². The highest BCUT2D eigenvalue weighted by Gasteiger charge is 2.05. The number of phenols is 1. The van der Waals surface area contributed by atoms with E-state index in [0.29, 0.717) is 12.1 Å². The van der Waals surface area contributed by atoms with E-state index in [-0.39, 0.29) is 11.6 Å². The van der Waals surface area contributed by atoms with Gasteiger partial charge >= 0.3 is 0 Å². The quantitative estimate of drug-likeness (QED) is 0.807. The van der Waals surface area contributed by atoms with E-state index in [1.165, 1.54) is 6.07 Å². The molecule has 0 atom stereocenters. The van der Waals surface area contributed by atoms with Gasteiger partial charge in [0.1, 0.15) is 11.6 Å². The van der Waals surface area contributed by atoms with Crippen molar-refractivity contribution in [3.05, 3.63) is 58.9 Å². The minimum Gasteiger partial charge on any atom is -0.508 e. The summed E-state index contributed by atoms with van der Waals surface area (Å²) in [7, 11) is 0. The number of aryl methyl sites for hydroxylation is 2. The van der Waals surface area contributed by atoms with Gasteiger partial charge in [0.15, 0.2) is 0 Å². The van der Waals surface area contributed by atoms with Crippen LogP contribution in [0, 0.1) is 19.7 Å². The maximum Gasteiger partial charge on any atom is 0.128 e. The molecule has 94 valence electrons. The Hall–Kier alpha value is -2.03. The van der Waals surface area contributed by atoms with Crippen LogP contribution < -0.4 is 5.32 Å². The zero-order valence-electron chi connectivity index (χ0n) is 10.5. The first-order valence-electron chi connectivity index (χ1n) is 5.85. The van der Waals surface area contributed by atoms with Crippen LogP contribution in [0.15, 0.2) is 36.4 Å². The summed E-state index contributed by atoms with van der Waals surface area (Å²) in [5.74, 6) is 0.0714. The van der Waals surface area contributed by atoms with E-state index >= 15 is 0 Å². The molecule has 0 bridgehead atoms. The molecule has 18 heavy (non-hydrogen) atoms. The van der Waals surface area contributed by atoms with Crippen molar-refractivity contribution in [3.8, 4) is 5.75 Å². The normalized spacial score (nSPS) is 10.4. The van der Waals surface area contributed by atoms with Gasteiger partial charge < -0.3 is 10.4 Å². The number of nitrogens with one attached hydrogen (secondary N) is 1. The van der Waals surface area contributed by atoms with E-state index in [9.17, 15) is 9.50 Å². The summed E-state index contributed by atoms with van der Waals surface area (Å²) in [6.07, 6.45) is 0. The topological polar surface area (TPSA) is 32.3 Å². The molecule has 0 aliphatic carbocycles. The minimum atomic E-state index is -0.210. The van der Waals surface area contributed by atoms with E-state index in [0.717, 1.165) is 16.8 Å². The van der Waals surface area contributed by atoms with Crippen molar-refractivity contribution in [2.24, 2.45) is 0 Å². The fourth-order valence-corrected chi connectivity index (χ4v) is 1.82. The number of aromatic hydroxyl groups is 1. The lowest BCUT2D eigenvalue weighted by atomic mass is 10.1. The van der Waals surface area contributed by atoms with Crippen molar-refractivity contribution in [1.29, 1.82) is 0 Å². The zero-order chi connectivity index (χ0) is 13.1. The third kappa shape index (κ3) is 2.62. The lowest BCUT2D eigenvalue weighted by Gasteiger charge is -2.12. The number of hydrogen-bond donors (Lipinski definition) is 2. The number of benzene rings is 2. The molecule has 0 heterocycles. The Labute approximate surface area is 106 Å². The second-order valence-corrected chi connectivity index (χ2v) is 4.40. The maximum atomic E-state index is 13.5. The molecule has 0 saturated heterocycles. The summed E-state index contributed by atoms with van der Waals surface area (Å²) >= 11 is 0. The zero-order valence-corrected chi connectivity index (χ0v) is 10.5. The number of rotatable bonds is 3. The first-order chi connectivity index (χ1) is 8.58. The minimum absolute atomic E-state index is 0.210. The molecule has 0 amide bonds. The Morgan fingerprint density at radius 2 is 1.83 bits per heavy atom. The summed E-state index contributed by atoms with van der Waals surface area (Å²) in [6.45, 7) is 4.17. The molecule has 0 aromatic heterocycles. The second-order valence-electron chi connectivity index (χ2n) is 4.40. The summed E-state index contributed by atoms with van der Waals surface area (Å²) in [5.41, 5.74) is 3.28. The van der Waals surface area contributed by atoms with Crippen LogP contribution >= 0.6 is 0 Å². The van der Waals surface area contributed by atoms with Gasteiger partial charge in [0.25, 0.3) is 0 Å². The van der Waals surface area contributed by atoms with Crippen molar-refractivity contribution in [2.45, 2.75) is 20.4 Å². The van der Waals surface area contributed by atoms with Crippen molar-refractivity contribution in [2.75, 3.05) is 5.32 Å². The molecule has 0 aliphatic rings. The van der Waals surface area contributed by atoms with Crippen molar-refractivity contribution in [3.63, 3.8) is 0 Å². The van der Waals surface area contributed by atoms with Crippen LogP contribution in [0.5, 0.6) is 5.75 Å². The van der Waals surface area contributed by atoms with Gasteiger partial charge in [0.05, 0.1) is 0 Å². The highest BCUT2D eigenvalue weighted by Crippen LogP contribution is 2.25. The average molecular weight is 245 g/mol. The molecule has 2 N–H and O–H groups in total. The number of anilines is 1. The van der Waals surface area contributed by atoms with Crippen molar-refractivity contribution >= 4 is 5.69 Å². The number of halogens is 1. The molecule has 0 spiro atoms. The molecule has 0 saturated carbocycles. The Morgan fingerprint density at radius 1 is 1.11 bits per heavy atom. The fraction of sp³-hybridized carbons (Fsp3) is 0.200. The van der Waals surface area contributed by atoms with E-state index in [1.54, 1.807) is 18.2 Å². The van der Waals surface area contributed by atoms with Gasteiger partial charge in [-0.25, -0.2) is 4.39 Å². The van der Waals surface area contributed by atoms with Crippen LogP contribution in [0.25, 0.3) is 0 Å². The lowest BCUT2D eigenvalue weighted by molar-refractivity contribution is 0.471. The molecule has 0 unspecified atom stereocenters. The SMILES string of the molecule is Cc1cc(NCc2ccccc2F)c(C)cc1O. The van der Waals surface area contributed by atoms with E-state index in [1.807, 2.05) is 26.0 Å². The summed E-state index contributed by atoms with van der Waals surface area (Å²) in [5, 5.41) is 12.8. The smallest absolute Gasteiger partial charge is 0.128 e. The molecule has 2 aromatic carbocycles. The van der Waals surface area contributed by atoms with Gasteiger partial charge in [-0.05, 0) is 43.2 Å². The van der Waals surface area contributed by atoms with E-state index in [2.05, 4.69) is 5.32 Å². The maximum absolute atomic E-state index is 13.5. The monoisotopic (exact) mass is 245 g/mol. The van der Waals surface area contributed by atoms with Crippen LogP contribution in [-0.4, -0.2) is 5.11 Å². The molecular formula is C15H16FNO. The van der Waals surface area contributed by atoms with Crippen LogP contribution in [0.2, 0.25) is 0 Å². The predicted octanol–water partition coefficient (Wildman–Crippen LogP) is 3.76. The van der Waals surface area contributed by atoms with Crippen LogP contribution in [0.1, 0.15) is 16.7 Å². The van der Waals surface area contributed by atoms with Crippen LogP contribution in [0.4, 0.5) is 10.1 Å². The van der Waals surface area contributed by atoms with Gasteiger partial charge in [-0.1, -0.05) is 18.2 Å². The van der Waals surface area contributed by atoms with Gasteiger partial charge in [-0.15, -0.1) is 0 Å². The standard InChI is InChI=1S/C15H16FNO/c1-10-8-15(18)11(2)7-14(10)17-9-12-5-3-4-6-13(12)16/h3-8,17-18H,9H2,1-2H3. The van der Waals surface area contributed by atoms with Crippen molar-refractivity contribution in [1.82, 2.24) is 0 Å². The summed E-state index contributed by atoms with van der Waals surface area (Å²) < 4.78 is 13.5. The molecule has 2 rings (SSSR count). The average Bonchev–Trinajstić information content (AvgIpc) is 2.34. The Morgan fingerprint density at radius 3 is 2.56 bits per heavy atom. The molecule has 3 heteroatoms. The Balaban J connectivity index is 2.16. The molecule has 0 radical (unpaired) electrons. The molecule has 0 fully saturated rings. The summed E-state index contributed by atoms with van der Waals surface area (Å²) in [4.78, 5) is 0. The Kier molecular flexibility index (Phi) is 3.51. The van der Waals surface area contributed by atoms with E-state index < -0.39 is 0 Å². The summed E-state index contributed by atoms with van der Waals surface area (Å²) in [6, 6.07) is 10.3. The molecule has 2 nitrogen and oxygen atoms in total. The third-order valence-corrected chi connectivity index (χ3v) is 2.97. The first-order valence-corrected chi connectivity index (χ1v) is 5.85. The molecule has 2 aromatic rings. The first kappa shape index (κ1) is 12.4. The lowest BCUT2D eigenvalue weighted by Crippen LogP contribution is -2.03. The molecular weight excluding hydrogens is 229 g/mol. The highest BCUT2D eigenvalue weighted by atomic mass is 19.1. The third-order valence-electron chi connectivity index (χ3n) is 2.97.